The van der Waals surface area contributed by atoms with E-state index in [2.05, 4.69) is 10.6 Å². The SMILES string of the molecule is O=C(COC(=O)CCC(=O)Nc1ccccc1O)Nc1ccc(Cl)c(C(F)(F)F)c1. The normalized spacial score (nSPS) is 10.9. The van der Waals surface area contributed by atoms with Gasteiger partial charge in [-0.25, -0.2) is 0 Å². The molecule has 11 heteroatoms. The summed E-state index contributed by atoms with van der Waals surface area (Å²) in [5.41, 5.74) is -1.11. The number of carbonyl (C=O) groups is 3. The van der Waals surface area contributed by atoms with E-state index in [0.29, 0.717) is 6.07 Å². The highest BCUT2D eigenvalue weighted by Crippen LogP contribution is 2.36. The number of carbonyl (C=O) groups excluding carboxylic acids is 3. The number of para-hydroxylation sites is 2. The molecule has 0 radical (unpaired) electrons. The van der Waals surface area contributed by atoms with Gasteiger partial charge in [0, 0.05) is 12.1 Å². The molecule has 0 saturated carbocycles. The van der Waals surface area contributed by atoms with E-state index in [0.717, 1.165) is 6.07 Å². The van der Waals surface area contributed by atoms with E-state index >= 15 is 0 Å². The van der Waals surface area contributed by atoms with Gasteiger partial charge in [-0.05, 0) is 30.3 Å². The molecule has 2 rings (SSSR count). The highest BCUT2D eigenvalue weighted by Gasteiger charge is 2.33. The van der Waals surface area contributed by atoms with Crippen molar-refractivity contribution in [3.05, 3.63) is 53.1 Å². The van der Waals surface area contributed by atoms with Crippen LogP contribution < -0.4 is 10.6 Å². The first kappa shape index (κ1) is 23.0. The van der Waals surface area contributed by atoms with E-state index < -0.39 is 41.2 Å². The number of ether oxygens (including phenoxy) is 1. The Hall–Kier alpha value is -3.27. The van der Waals surface area contributed by atoms with Crippen LogP contribution in [0.5, 0.6) is 5.75 Å². The quantitative estimate of drug-likeness (QED) is 0.443. The summed E-state index contributed by atoms with van der Waals surface area (Å²) >= 11 is 5.49. The zero-order valence-electron chi connectivity index (χ0n) is 15.3. The molecule has 0 aromatic heterocycles. The molecule has 0 heterocycles. The Labute approximate surface area is 173 Å². The smallest absolute Gasteiger partial charge is 0.417 e. The highest BCUT2D eigenvalue weighted by atomic mass is 35.5. The lowest BCUT2D eigenvalue weighted by molar-refractivity contribution is -0.147. The van der Waals surface area contributed by atoms with E-state index in [1.807, 2.05) is 0 Å². The van der Waals surface area contributed by atoms with E-state index in [4.69, 9.17) is 16.3 Å². The van der Waals surface area contributed by atoms with Gasteiger partial charge in [-0.15, -0.1) is 0 Å². The number of rotatable bonds is 7. The first-order valence-electron chi connectivity index (χ1n) is 8.46. The molecule has 0 fully saturated rings. The molecule has 7 nitrogen and oxygen atoms in total. The molecule has 0 aliphatic carbocycles. The lowest BCUT2D eigenvalue weighted by Crippen LogP contribution is -2.22. The van der Waals surface area contributed by atoms with Gasteiger partial charge >= 0.3 is 12.1 Å². The number of hydrogen-bond acceptors (Lipinski definition) is 5. The summed E-state index contributed by atoms with van der Waals surface area (Å²) < 4.78 is 43.1. The van der Waals surface area contributed by atoms with Crippen molar-refractivity contribution in [3.8, 4) is 5.75 Å². The fourth-order valence-electron chi connectivity index (χ4n) is 2.24. The lowest BCUT2D eigenvalue weighted by Gasteiger charge is -2.12. The maximum atomic E-state index is 12.8. The number of alkyl halides is 3. The van der Waals surface area contributed by atoms with Crippen molar-refractivity contribution in [1.29, 1.82) is 0 Å². The number of anilines is 2. The predicted molar refractivity (Wildman–Crippen MR) is 102 cm³/mol. The minimum atomic E-state index is -4.69. The second-order valence-electron chi connectivity index (χ2n) is 5.97. The van der Waals surface area contributed by atoms with E-state index in [-0.39, 0.29) is 30.0 Å². The minimum absolute atomic E-state index is 0.138. The van der Waals surface area contributed by atoms with Gasteiger partial charge in [0.1, 0.15) is 5.75 Å². The standard InChI is InChI=1S/C19H16ClF3N2O5/c20-13-6-5-11(9-12(13)19(21,22)23)24-17(28)10-30-18(29)8-7-16(27)25-14-3-1-2-4-15(14)26/h1-6,9,26H,7-8,10H2,(H,24,28)(H,25,27). The Morgan fingerprint density at radius 1 is 1.00 bits per heavy atom. The Morgan fingerprint density at radius 3 is 2.37 bits per heavy atom. The third kappa shape index (κ3) is 6.96. The van der Waals surface area contributed by atoms with Gasteiger partial charge in [0.15, 0.2) is 6.61 Å². The van der Waals surface area contributed by atoms with Crippen LogP contribution in [0, 0.1) is 0 Å². The highest BCUT2D eigenvalue weighted by molar-refractivity contribution is 6.31. The first-order chi connectivity index (χ1) is 14.1. The van der Waals surface area contributed by atoms with E-state index in [9.17, 15) is 32.7 Å². The van der Waals surface area contributed by atoms with Gasteiger partial charge in [-0.3, -0.25) is 14.4 Å². The number of esters is 1. The van der Waals surface area contributed by atoms with Crippen molar-refractivity contribution in [3.63, 3.8) is 0 Å². The maximum Gasteiger partial charge on any atom is 0.417 e. The van der Waals surface area contributed by atoms with Gasteiger partial charge < -0.3 is 20.5 Å². The average Bonchev–Trinajstić information content (AvgIpc) is 2.67. The number of phenolic OH excluding ortho intramolecular Hbond substituents is 1. The fourth-order valence-corrected chi connectivity index (χ4v) is 2.47. The van der Waals surface area contributed by atoms with Crippen LogP contribution >= 0.6 is 11.6 Å². The van der Waals surface area contributed by atoms with Crippen LogP contribution in [0.1, 0.15) is 18.4 Å². The van der Waals surface area contributed by atoms with Crippen LogP contribution in [0.25, 0.3) is 0 Å². The summed E-state index contributed by atoms with van der Waals surface area (Å²) in [5.74, 6) is -2.41. The Balaban J connectivity index is 1.77. The molecular weight excluding hydrogens is 429 g/mol. The number of amides is 2. The average molecular weight is 445 g/mol. The van der Waals surface area contributed by atoms with Gasteiger partial charge in [0.05, 0.1) is 22.7 Å². The maximum absolute atomic E-state index is 12.8. The summed E-state index contributed by atoms with van der Waals surface area (Å²) in [6.45, 7) is -0.746. The van der Waals surface area contributed by atoms with Gasteiger partial charge in [-0.1, -0.05) is 23.7 Å². The predicted octanol–water partition coefficient (Wildman–Crippen LogP) is 3.97. The molecule has 0 unspecified atom stereocenters. The summed E-state index contributed by atoms with van der Waals surface area (Å²) in [4.78, 5) is 35.2. The monoisotopic (exact) mass is 444 g/mol. The third-order valence-electron chi connectivity index (χ3n) is 3.65. The molecule has 30 heavy (non-hydrogen) atoms. The van der Waals surface area contributed by atoms with Crippen LogP contribution in [0.15, 0.2) is 42.5 Å². The third-order valence-corrected chi connectivity index (χ3v) is 3.98. The summed E-state index contributed by atoms with van der Waals surface area (Å²) in [7, 11) is 0. The second-order valence-corrected chi connectivity index (χ2v) is 6.37. The zero-order valence-corrected chi connectivity index (χ0v) is 16.0. The van der Waals surface area contributed by atoms with Crippen molar-refractivity contribution >= 4 is 40.8 Å². The summed E-state index contributed by atoms with van der Waals surface area (Å²) in [6.07, 6.45) is -5.30. The van der Waals surface area contributed by atoms with Crippen molar-refractivity contribution < 1.29 is 37.4 Å². The van der Waals surface area contributed by atoms with Crippen LogP contribution in [-0.4, -0.2) is 29.5 Å². The molecule has 0 spiro atoms. The fraction of sp³-hybridized carbons (Fsp3) is 0.211. The first-order valence-corrected chi connectivity index (χ1v) is 8.84. The number of halogens is 4. The van der Waals surface area contributed by atoms with Crippen molar-refractivity contribution in [2.45, 2.75) is 19.0 Å². The van der Waals surface area contributed by atoms with Crippen molar-refractivity contribution in [2.24, 2.45) is 0 Å². The summed E-state index contributed by atoms with van der Waals surface area (Å²) in [6, 6.07) is 8.82. The number of hydrogen-bond donors (Lipinski definition) is 3. The Morgan fingerprint density at radius 2 is 1.70 bits per heavy atom. The molecule has 2 aromatic rings. The number of phenols is 1. The second kappa shape index (κ2) is 9.97. The minimum Gasteiger partial charge on any atom is -0.506 e. The molecule has 0 saturated heterocycles. The van der Waals surface area contributed by atoms with Crippen LogP contribution in [0.3, 0.4) is 0 Å². The zero-order chi connectivity index (χ0) is 22.3. The van der Waals surface area contributed by atoms with Gasteiger partial charge in [-0.2, -0.15) is 13.2 Å². The molecule has 2 amide bonds. The molecule has 0 bridgehead atoms. The van der Waals surface area contributed by atoms with Gasteiger partial charge in [0.2, 0.25) is 5.91 Å². The molecule has 0 atom stereocenters. The van der Waals surface area contributed by atoms with E-state index in [1.54, 1.807) is 12.1 Å². The Bertz CT molecular complexity index is 950. The number of benzene rings is 2. The van der Waals surface area contributed by atoms with Crippen LogP contribution in [-0.2, 0) is 25.3 Å². The molecule has 0 aliphatic rings. The summed E-state index contributed by atoms with van der Waals surface area (Å²) in [5, 5.41) is 13.6. The topological polar surface area (TPSA) is 105 Å². The largest absolute Gasteiger partial charge is 0.506 e. The number of aromatic hydroxyl groups is 1. The number of nitrogens with one attached hydrogen (secondary N) is 2. The Kier molecular flexibility index (Phi) is 7.65. The van der Waals surface area contributed by atoms with E-state index in [1.165, 1.54) is 18.2 Å². The van der Waals surface area contributed by atoms with Crippen molar-refractivity contribution in [1.82, 2.24) is 0 Å². The van der Waals surface area contributed by atoms with Gasteiger partial charge in [0.25, 0.3) is 5.91 Å². The molecular formula is C19H16ClF3N2O5. The van der Waals surface area contributed by atoms with Crippen molar-refractivity contribution in [2.75, 3.05) is 17.2 Å². The molecule has 0 aliphatic heterocycles. The van der Waals surface area contributed by atoms with Crippen LogP contribution in [0.4, 0.5) is 24.5 Å². The molecule has 3 N–H and O–H groups in total. The lowest BCUT2D eigenvalue weighted by atomic mass is 10.2. The molecule has 2 aromatic carbocycles. The van der Waals surface area contributed by atoms with Crippen LogP contribution in [0.2, 0.25) is 5.02 Å². The molecule has 160 valence electrons.